The van der Waals surface area contributed by atoms with Gasteiger partial charge in [0.1, 0.15) is 5.75 Å². The predicted molar refractivity (Wildman–Crippen MR) is 80.3 cm³/mol. The van der Waals surface area contributed by atoms with E-state index in [2.05, 4.69) is 4.99 Å². The molecule has 0 aliphatic carbocycles. The molecule has 0 fully saturated rings. The molecule has 0 bridgehead atoms. The van der Waals surface area contributed by atoms with Crippen molar-refractivity contribution in [2.75, 3.05) is 0 Å². The smallest absolute Gasteiger partial charge is 0.248 e. The lowest BCUT2D eigenvalue weighted by Gasteiger charge is -2.02. The van der Waals surface area contributed by atoms with Gasteiger partial charge < -0.3 is 10.8 Å². The summed E-state index contributed by atoms with van der Waals surface area (Å²) in [7, 11) is 0. The highest BCUT2D eigenvalue weighted by atomic mass is 35.5. The molecule has 0 heterocycles. The van der Waals surface area contributed by atoms with Gasteiger partial charge in [0.15, 0.2) is 0 Å². The van der Waals surface area contributed by atoms with E-state index in [1.165, 1.54) is 18.3 Å². The van der Waals surface area contributed by atoms with E-state index < -0.39 is 5.91 Å². The number of benzene rings is 2. The van der Waals surface area contributed by atoms with Gasteiger partial charge in [-0.1, -0.05) is 29.3 Å². The van der Waals surface area contributed by atoms with Crippen LogP contribution in [-0.2, 0) is 0 Å². The Kier molecular flexibility index (Phi) is 4.27. The maximum atomic E-state index is 11.1. The van der Waals surface area contributed by atoms with E-state index in [9.17, 15) is 9.90 Å². The minimum absolute atomic E-state index is 0.106. The van der Waals surface area contributed by atoms with Gasteiger partial charge in [-0.25, -0.2) is 0 Å². The fourth-order valence-electron chi connectivity index (χ4n) is 1.57. The molecule has 0 atom stereocenters. The summed E-state index contributed by atoms with van der Waals surface area (Å²) in [5.41, 5.74) is 6.45. The van der Waals surface area contributed by atoms with Crippen LogP contribution in [0.5, 0.6) is 5.75 Å². The number of halogens is 2. The Balaban J connectivity index is 2.34. The number of phenolic OH excluding ortho intramolecular Hbond substituents is 1. The van der Waals surface area contributed by atoms with Crippen molar-refractivity contribution in [3.05, 3.63) is 57.6 Å². The third kappa shape index (κ3) is 3.29. The molecule has 2 aromatic carbocycles. The lowest BCUT2D eigenvalue weighted by Crippen LogP contribution is -2.10. The van der Waals surface area contributed by atoms with Gasteiger partial charge in [-0.05, 0) is 30.3 Å². The molecule has 0 aliphatic rings. The third-order valence-corrected chi connectivity index (χ3v) is 3.05. The van der Waals surface area contributed by atoms with Crippen molar-refractivity contribution < 1.29 is 9.90 Å². The normalized spacial score (nSPS) is 10.9. The second-order valence-corrected chi connectivity index (χ2v) is 4.84. The molecule has 2 rings (SSSR count). The Bertz CT molecular complexity index is 700. The summed E-state index contributed by atoms with van der Waals surface area (Å²) in [5, 5.41) is 10.3. The molecule has 0 aliphatic heterocycles. The van der Waals surface area contributed by atoms with Gasteiger partial charge in [0.25, 0.3) is 0 Å². The zero-order valence-electron chi connectivity index (χ0n) is 10.2. The Morgan fingerprint density at radius 2 is 2.00 bits per heavy atom. The average Bonchev–Trinajstić information content (AvgIpc) is 2.41. The second-order valence-electron chi connectivity index (χ2n) is 4.00. The molecule has 6 heteroatoms. The van der Waals surface area contributed by atoms with E-state index in [-0.39, 0.29) is 10.8 Å². The van der Waals surface area contributed by atoms with Crippen LogP contribution < -0.4 is 5.73 Å². The average molecular weight is 309 g/mol. The van der Waals surface area contributed by atoms with Gasteiger partial charge in [0, 0.05) is 22.4 Å². The molecule has 0 spiro atoms. The van der Waals surface area contributed by atoms with Crippen LogP contribution in [0.1, 0.15) is 15.9 Å². The van der Waals surface area contributed by atoms with E-state index in [1.807, 2.05) is 0 Å². The van der Waals surface area contributed by atoms with E-state index in [4.69, 9.17) is 28.9 Å². The van der Waals surface area contributed by atoms with Crippen LogP contribution in [0.25, 0.3) is 0 Å². The summed E-state index contributed by atoms with van der Waals surface area (Å²) in [5.74, 6) is -0.637. The number of nitrogens with zero attached hydrogens (tertiary/aromatic N) is 1. The Morgan fingerprint density at radius 3 is 2.70 bits per heavy atom. The molecule has 0 aromatic heterocycles. The predicted octanol–water partition coefficient (Wildman–Crippen LogP) is 3.55. The number of aliphatic imine (C=N–C) groups is 1. The van der Waals surface area contributed by atoms with Crippen LogP contribution in [0.3, 0.4) is 0 Å². The van der Waals surface area contributed by atoms with Gasteiger partial charge in [-0.15, -0.1) is 0 Å². The van der Waals surface area contributed by atoms with Crippen LogP contribution in [0.4, 0.5) is 5.69 Å². The molecule has 0 saturated heterocycles. The number of phenols is 1. The maximum Gasteiger partial charge on any atom is 0.248 e. The van der Waals surface area contributed by atoms with Gasteiger partial charge >= 0.3 is 0 Å². The minimum Gasteiger partial charge on any atom is -0.506 e. The van der Waals surface area contributed by atoms with Crippen molar-refractivity contribution in [2.45, 2.75) is 0 Å². The molecule has 0 saturated carbocycles. The summed E-state index contributed by atoms with van der Waals surface area (Å²) in [4.78, 5) is 15.2. The molecular formula is C14H10Cl2N2O2. The molecular weight excluding hydrogens is 299 g/mol. The van der Waals surface area contributed by atoms with E-state index in [0.717, 1.165) is 0 Å². The van der Waals surface area contributed by atoms with Crippen molar-refractivity contribution in [1.29, 1.82) is 0 Å². The molecule has 3 N–H and O–H groups in total. The van der Waals surface area contributed by atoms with Gasteiger partial charge in [0.2, 0.25) is 5.91 Å². The summed E-state index contributed by atoms with van der Waals surface area (Å²) in [6.07, 6.45) is 1.41. The molecule has 0 radical (unpaired) electrons. The number of primary amides is 1. The molecule has 2 aromatic rings. The van der Waals surface area contributed by atoms with Gasteiger partial charge in [-0.3, -0.25) is 9.79 Å². The number of aromatic hydroxyl groups is 1. The number of amides is 1. The van der Waals surface area contributed by atoms with Crippen LogP contribution in [0.2, 0.25) is 10.0 Å². The summed E-state index contributed by atoms with van der Waals surface area (Å²) >= 11 is 11.7. The van der Waals surface area contributed by atoms with Crippen molar-refractivity contribution in [1.82, 2.24) is 0 Å². The summed E-state index contributed by atoms with van der Waals surface area (Å²) < 4.78 is 0. The SMILES string of the molecule is NC(=O)c1cccc(N=Cc2cc(Cl)cc(Cl)c2O)c1. The first-order chi connectivity index (χ1) is 9.47. The van der Waals surface area contributed by atoms with Crippen molar-refractivity contribution in [3.63, 3.8) is 0 Å². The zero-order valence-corrected chi connectivity index (χ0v) is 11.7. The second kappa shape index (κ2) is 5.94. The van der Waals surface area contributed by atoms with Crippen LogP contribution in [-0.4, -0.2) is 17.2 Å². The minimum atomic E-state index is -0.532. The highest BCUT2D eigenvalue weighted by Gasteiger charge is 2.06. The first-order valence-corrected chi connectivity index (χ1v) is 6.35. The molecule has 1 amide bonds. The Morgan fingerprint density at radius 1 is 1.25 bits per heavy atom. The third-order valence-electron chi connectivity index (χ3n) is 2.54. The molecule has 0 unspecified atom stereocenters. The first-order valence-electron chi connectivity index (χ1n) is 5.59. The van der Waals surface area contributed by atoms with E-state index in [1.54, 1.807) is 24.3 Å². The highest BCUT2D eigenvalue weighted by molar-refractivity contribution is 6.36. The van der Waals surface area contributed by atoms with E-state index in [0.29, 0.717) is 21.8 Å². The first kappa shape index (κ1) is 14.4. The lowest BCUT2D eigenvalue weighted by atomic mass is 10.2. The van der Waals surface area contributed by atoms with E-state index >= 15 is 0 Å². The quantitative estimate of drug-likeness (QED) is 0.851. The van der Waals surface area contributed by atoms with Crippen molar-refractivity contribution >= 4 is 41.0 Å². The molecule has 20 heavy (non-hydrogen) atoms. The Hall–Kier alpha value is -2.04. The zero-order chi connectivity index (χ0) is 14.7. The van der Waals surface area contributed by atoms with Crippen LogP contribution in [0.15, 0.2) is 41.4 Å². The number of hydrogen-bond donors (Lipinski definition) is 2. The number of hydrogen-bond acceptors (Lipinski definition) is 3. The number of nitrogens with two attached hydrogens (primary N) is 1. The van der Waals surface area contributed by atoms with Gasteiger partial charge in [0.05, 0.1) is 10.7 Å². The topological polar surface area (TPSA) is 75.7 Å². The lowest BCUT2D eigenvalue weighted by molar-refractivity contribution is 0.100. The van der Waals surface area contributed by atoms with Crippen LogP contribution in [0, 0.1) is 0 Å². The number of carbonyl (C=O) groups is 1. The fourth-order valence-corrected chi connectivity index (χ4v) is 2.08. The molecule has 4 nitrogen and oxygen atoms in total. The summed E-state index contributed by atoms with van der Waals surface area (Å²) in [6, 6.07) is 9.47. The number of carbonyl (C=O) groups excluding carboxylic acids is 1. The Labute approximate surface area is 125 Å². The number of rotatable bonds is 3. The largest absolute Gasteiger partial charge is 0.506 e. The van der Waals surface area contributed by atoms with Crippen molar-refractivity contribution in [3.8, 4) is 5.75 Å². The van der Waals surface area contributed by atoms with Crippen molar-refractivity contribution in [2.24, 2.45) is 10.7 Å². The standard InChI is InChI=1S/C14H10Cl2N2O2/c15-10-4-9(13(19)12(16)6-10)7-18-11-3-1-2-8(5-11)14(17)20/h1-7,19H,(H2,17,20). The summed E-state index contributed by atoms with van der Waals surface area (Å²) in [6.45, 7) is 0. The monoisotopic (exact) mass is 308 g/mol. The van der Waals surface area contributed by atoms with Gasteiger partial charge in [-0.2, -0.15) is 0 Å². The highest BCUT2D eigenvalue weighted by Crippen LogP contribution is 2.30. The fraction of sp³-hybridized carbons (Fsp3) is 0. The maximum absolute atomic E-state index is 11.1. The molecule has 102 valence electrons. The van der Waals surface area contributed by atoms with Crippen LogP contribution >= 0.6 is 23.2 Å².